The Bertz CT molecular complexity index is 1300. The number of thiophene rings is 2. The molecule has 0 saturated carbocycles. The Kier molecular flexibility index (Phi) is 6.85. The number of benzene rings is 1. The van der Waals surface area contributed by atoms with Gasteiger partial charge in [0.15, 0.2) is 11.0 Å². The summed E-state index contributed by atoms with van der Waals surface area (Å²) < 4.78 is 1.98. The van der Waals surface area contributed by atoms with Crippen molar-refractivity contribution in [2.24, 2.45) is 0 Å². The van der Waals surface area contributed by atoms with Gasteiger partial charge in [0.2, 0.25) is 5.91 Å². The summed E-state index contributed by atoms with van der Waals surface area (Å²) in [5.74, 6) is 0.715. The van der Waals surface area contributed by atoms with E-state index in [1.807, 2.05) is 22.8 Å². The summed E-state index contributed by atoms with van der Waals surface area (Å²) in [6.45, 7) is 6.50. The molecular formula is C23H19N5OS3. The fourth-order valence-corrected chi connectivity index (χ4v) is 5.62. The minimum absolute atomic E-state index is 0.159. The van der Waals surface area contributed by atoms with E-state index in [1.54, 1.807) is 28.9 Å². The van der Waals surface area contributed by atoms with E-state index in [0.29, 0.717) is 22.3 Å². The van der Waals surface area contributed by atoms with Gasteiger partial charge in [0.05, 0.1) is 11.3 Å². The standard InChI is InChI=1S/C23H19N5OS3/c1-3-10-28-21(18-13-31-15(2)20(18)16-7-5-4-6-8-16)26-27-23(28)32-14-19(29)25-22-17(12-24)9-11-30-22/h3-9,11,13H,1,10,14H2,2H3,(H,25,29). The average molecular weight is 478 g/mol. The first-order chi connectivity index (χ1) is 15.6. The topological polar surface area (TPSA) is 83.6 Å². The molecule has 0 bridgehead atoms. The van der Waals surface area contributed by atoms with Crippen molar-refractivity contribution in [3.8, 4) is 28.6 Å². The van der Waals surface area contributed by atoms with Gasteiger partial charge in [-0.1, -0.05) is 48.2 Å². The van der Waals surface area contributed by atoms with Crippen molar-refractivity contribution in [2.45, 2.75) is 18.6 Å². The summed E-state index contributed by atoms with van der Waals surface area (Å²) in [6, 6.07) is 14.0. The molecule has 3 aromatic heterocycles. The zero-order chi connectivity index (χ0) is 22.5. The second kappa shape index (κ2) is 9.96. The third kappa shape index (κ3) is 4.53. The monoisotopic (exact) mass is 477 g/mol. The van der Waals surface area contributed by atoms with Crippen LogP contribution in [0.5, 0.6) is 0 Å². The lowest BCUT2D eigenvalue weighted by molar-refractivity contribution is -0.113. The van der Waals surface area contributed by atoms with Gasteiger partial charge in [-0.05, 0) is 23.9 Å². The highest BCUT2D eigenvalue weighted by molar-refractivity contribution is 7.99. The third-order valence-corrected chi connectivity index (χ3v) is 7.39. The molecule has 0 radical (unpaired) electrons. The molecule has 0 atom stereocenters. The molecule has 0 aliphatic carbocycles. The highest BCUT2D eigenvalue weighted by Crippen LogP contribution is 2.39. The predicted octanol–water partition coefficient (Wildman–Crippen LogP) is 5.83. The molecule has 1 aromatic carbocycles. The van der Waals surface area contributed by atoms with Crippen molar-refractivity contribution < 1.29 is 4.79 Å². The maximum Gasteiger partial charge on any atom is 0.235 e. The summed E-state index contributed by atoms with van der Waals surface area (Å²) in [6.07, 6.45) is 1.79. The van der Waals surface area contributed by atoms with E-state index in [9.17, 15) is 4.79 Å². The number of thioether (sulfide) groups is 1. The Balaban J connectivity index is 1.58. The number of nitriles is 1. The summed E-state index contributed by atoms with van der Waals surface area (Å²) in [5, 5.41) is 25.8. The van der Waals surface area contributed by atoms with Crippen molar-refractivity contribution in [1.29, 1.82) is 5.26 Å². The normalized spacial score (nSPS) is 10.6. The van der Waals surface area contributed by atoms with E-state index in [2.05, 4.69) is 52.6 Å². The van der Waals surface area contributed by atoms with Crippen LogP contribution in [0.2, 0.25) is 0 Å². The molecule has 9 heteroatoms. The highest BCUT2D eigenvalue weighted by atomic mass is 32.2. The van der Waals surface area contributed by atoms with Gasteiger partial charge in [-0.2, -0.15) is 5.26 Å². The summed E-state index contributed by atoms with van der Waals surface area (Å²) in [4.78, 5) is 13.6. The molecule has 0 aliphatic rings. The summed E-state index contributed by atoms with van der Waals surface area (Å²) >= 11 is 4.32. The molecule has 32 heavy (non-hydrogen) atoms. The number of rotatable bonds is 8. The van der Waals surface area contributed by atoms with Gasteiger partial charge in [-0.25, -0.2) is 0 Å². The predicted molar refractivity (Wildman–Crippen MR) is 132 cm³/mol. The smallest absolute Gasteiger partial charge is 0.235 e. The maximum atomic E-state index is 12.4. The fraction of sp³-hybridized carbons (Fsp3) is 0.130. The molecule has 1 amide bonds. The zero-order valence-electron chi connectivity index (χ0n) is 17.2. The van der Waals surface area contributed by atoms with Crippen LogP contribution in [0.4, 0.5) is 5.00 Å². The van der Waals surface area contributed by atoms with Gasteiger partial charge in [0, 0.05) is 27.9 Å². The third-order valence-electron chi connectivity index (χ3n) is 4.68. The van der Waals surface area contributed by atoms with Gasteiger partial charge >= 0.3 is 0 Å². The van der Waals surface area contributed by atoms with Crippen molar-refractivity contribution in [3.63, 3.8) is 0 Å². The first-order valence-corrected chi connectivity index (χ1v) is 12.4. The van der Waals surface area contributed by atoms with Crippen LogP contribution in [0.15, 0.2) is 65.0 Å². The molecule has 3 heterocycles. The van der Waals surface area contributed by atoms with Crippen LogP contribution in [-0.2, 0) is 11.3 Å². The largest absolute Gasteiger partial charge is 0.316 e. The molecular weight excluding hydrogens is 458 g/mol. The number of nitrogens with zero attached hydrogens (tertiary/aromatic N) is 4. The van der Waals surface area contributed by atoms with Crippen LogP contribution < -0.4 is 5.32 Å². The molecule has 0 unspecified atom stereocenters. The minimum Gasteiger partial charge on any atom is -0.316 e. The summed E-state index contributed by atoms with van der Waals surface area (Å²) in [7, 11) is 0. The van der Waals surface area contributed by atoms with Crippen LogP contribution in [0.25, 0.3) is 22.5 Å². The number of aryl methyl sites for hydroxylation is 1. The van der Waals surface area contributed by atoms with E-state index in [-0.39, 0.29) is 11.7 Å². The van der Waals surface area contributed by atoms with Gasteiger partial charge in [-0.3, -0.25) is 9.36 Å². The molecule has 4 rings (SSSR count). The molecule has 0 fully saturated rings. The minimum atomic E-state index is -0.194. The SMILES string of the molecule is C=CCn1c(SCC(=O)Nc2sccc2C#N)nnc1-c1csc(C)c1-c1ccccc1. The number of anilines is 1. The van der Waals surface area contributed by atoms with Gasteiger partial charge in [0.1, 0.15) is 11.1 Å². The number of hydrogen-bond acceptors (Lipinski definition) is 7. The second-order valence-corrected chi connectivity index (χ2v) is 9.71. The molecule has 1 N–H and O–H groups in total. The van der Waals surface area contributed by atoms with Crippen molar-refractivity contribution >= 4 is 45.3 Å². The number of carbonyl (C=O) groups is 1. The first-order valence-electron chi connectivity index (χ1n) is 9.70. The van der Waals surface area contributed by atoms with Gasteiger partial charge in [-0.15, -0.1) is 39.4 Å². The fourth-order valence-electron chi connectivity index (χ4n) is 3.26. The van der Waals surface area contributed by atoms with E-state index in [1.165, 1.54) is 28.0 Å². The molecule has 4 aromatic rings. The van der Waals surface area contributed by atoms with Crippen LogP contribution in [0, 0.1) is 18.3 Å². The lowest BCUT2D eigenvalue weighted by Gasteiger charge is -2.09. The Morgan fingerprint density at radius 2 is 2.09 bits per heavy atom. The molecule has 0 saturated heterocycles. The maximum absolute atomic E-state index is 12.4. The van der Waals surface area contributed by atoms with E-state index >= 15 is 0 Å². The van der Waals surface area contributed by atoms with E-state index in [4.69, 9.17) is 5.26 Å². The van der Waals surface area contributed by atoms with Crippen LogP contribution in [-0.4, -0.2) is 26.4 Å². The lowest BCUT2D eigenvalue weighted by Crippen LogP contribution is -2.14. The summed E-state index contributed by atoms with van der Waals surface area (Å²) in [5.41, 5.74) is 3.75. The number of nitrogens with one attached hydrogen (secondary N) is 1. The van der Waals surface area contributed by atoms with Crippen molar-refractivity contribution in [3.05, 3.63) is 70.3 Å². The Labute approximate surface area is 198 Å². The van der Waals surface area contributed by atoms with Gasteiger partial charge in [0.25, 0.3) is 0 Å². The first kappa shape index (κ1) is 22.0. The zero-order valence-corrected chi connectivity index (χ0v) is 19.7. The quantitative estimate of drug-likeness (QED) is 0.255. The van der Waals surface area contributed by atoms with Gasteiger partial charge < -0.3 is 5.32 Å². The number of hydrogen-bond donors (Lipinski definition) is 1. The number of amides is 1. The Hall–Kier alpha value is -3.19. The van der Waals surface area contributed by atoms with Crippen LogP contribution in [0.3, 0.4) is 0 Å². The Morgan fingerprint density at radius 3 is 2.84 bits per heavy atom. The van der Waals surface area contributed by atoms with Crippen molar-refractivity contribution in [1.82, 2.24) is 14.8 Å². The lowest BCUT2D eigenvalue weighted by atomic mass is 10.0. The molecule has 0 spiro atoms. The molecule has 6 nitrogen and oxygen atoms in total. The van der Waals surface area contributed by atoms with Crippen LogP contribution in [0.1, 0.15) is 10.4 Å². The van der Waals surface area contributed by atoms with Crippen molar-refractivity contribution in [2.75, 3.05) is 11.1 Å². The number of aromatic nitrogens is 3. The van der Waals surface area contributed by atoms with E-state index < -0.39 is 0 Å². The number of allylic oxidation sites excluding steroid dienone is 1. The molecule has 0 aliphatic heterocycles. The Morgan fingerprint density at radius 1 is 1.28 bits per heavy atom. The average Bonchev–Trinajstić information content (AvgIpc) is 3.51. The van der Waals surface area contributed by atoms with Crippen LogP contribution >= 0.6 is 34.4 Å². The molecule has 160 valence electrons. The van der Waals surface area contributed by atoms with E-state index in [0.717, 1.165) is 22.5 Å². The highest BCUT2D eigenvalue weighted by Gasteiger charge is 2.20. The second-order valence-electron chi connectivity index (χ2n) is 6.76. The number of carbonyl (C=O) groups excluding carboxylic acids is 1.